The lowest BCUT2D eigenvalue weighted by Gasteiger charge is -2.01. The van der Waals surface area contributed by atoms with Gasteiger partial charge in [-0.05, 0) is 19.1 Å². The van der Waals surface area contributed by atoms with E-state index in [4.69, 9.17) is 5.73 Å². The minimum absolute atomic E-state index is 0.601. The summed E-state index contributed by atoms with van der Waals surface area (Å²) in [6.45, 7) is 2.08. The van der Waals surface area contributed by atoms with Crippen LogP contribution in [-0.2, 0) is 5.75 Å². The van der Waals surface area contributed by atoms with Gasteiger partial charge in [-0.1, -0.05) is 17.7 Å². The summed E-state index contributed by atoms with van der Waals surface area (Å²) in [7, 11) is 0. The molecule has 0 unspecified atom stereocenters. The van der Waals surface area contributed by atoms with Crippen molar-refractivity contribution < 1.29 is 0 Å². The molecule has 1 heterocycles. The Balaban J connectivity index is 1.97. The quantitative estimate of drug-likeness (QED) is 0.825. The Morgan fingerprint density at radius 2 is 1.75 bits per heavy atom. The number of hydrogen-bond donors (Lipinski definition) is 1. The number of rotatable bonds is 3. The molecule has 0 saturated heterocycles. The first-order valence-electron chi connectivity index (χ1n) is 5.00. The van der Waals surface area contributed by atoms with E-state index in [0.717, 1.165) is 11.6 Å². The van der Waals surface area contributed by atoms with Gasteiger partial charge in [0.1, 0.15) is 5.82 Å². The number of thioether (sulfide) groups is 1. The van der Waals surface area contributed by atoms with Gasteiger partial charge in [0.25, 0.3) is 0 Å². The number of nitrogens with two attached hydrogens (primary N) is 1. The van der Waals surface area contributed by atoms with Gasteiger partial charge < -0.3 is 5.73 Å². The van der Waals surface area contributed by atoms with E-state index >= 15 is 0 Å². The summed E-state index contributed by atoms with van der Waals surface area (Å²) >= 11 is 1.72. The van der Waals surface area contributed by atoms with E-state index in [0.29, 0.717) is 5.69 Å². The van der Waals surface area contributed by atoms with Crippen LogP contribution < -0.4 is 5.73 Å². The van der Waals surface area contributed by atoms with Gasteiger partial charge in [-0.15, -0.1) is 11.8 Å². The molecule has 4 heteroatoms. The lowest BCUT2D eigenvalue weighted by atomic mass is 10.2. The topological polar surface area (TPSA) is 51.8 Å². The van der Waals surface area contributed by atoms with Gasteiger partial charge >= 0.3 is 0 Å². The third kappa shape index (κ3) is 2.97. The van der Waals surface area contributed by atoms with E-state index in [1.165, 1.54) is 10.5 Å². The highest BCUT2D eigenvalue weighted by molar-refractivity contribution is 7.98. The van der Waals surface area contributed by atoms with Gasteiger partial charge in [0.15, 0.2) is 0 Å². The SMILES string of the molecule is Cc1ccc(SCc2ncc(N)cn2)cc1. The molecule has 0 bridgehead atoms. The van der Waals surface area contributed by atoms with Gasteiger partial charge in [-0.25, -0.2) is 9.97 Å². The van der Waals surface area contributed by atoms with E-state index in [1.807, 2.05) is 0 Å². The summed E-state index contributed by atoms with van der Waals surface area (Å²) < 4.78 is 0. The number of benzene rings is 1. The molecule has 0 atom stereocenters. The highest BCUT2D eigenvalue weighted by atomic mass is 32.2. The van der Waals surface area contributed by atoms with Crippen molar-refractivity contribution in [2.75, 3.05) is 5.73 Å². The highest BCUT2D eigenvalue weighted by Gasteiger charge is 1.98. The second-order valence-corrected chi connectivity index (χ2v) is 4.58. The van der Waals surface area contributed by atoms with Gasteiger partial charge in [0.2, 0.25) is 0 Å². The molecule has 1 aromatic heterocycles. The number of aryl methyl sites for hydroxylation is 1. The van der Waals surface area contributed by atoms with Crippen molar-refractivity contribution in [3.05, 3.63) is 48.0 Å². The lowest BCUT2D eigenvalue weighted by Crippen LogP contribution is -1.94. The second kappa shape index (κ2) is 4.99. The van der Waals surface area contributed by atoms with Crippen LogP contribution >= 0.6 is 11.8 Å². The molecular weight excluding hydrogens is 218 g/mol. The second-order valence-electron chi connectivity index (χ2n) is 3.53. The van der Waals surface area contributed by atoms with Crippen LogP contribution in [-0.4, -0.2) is 9.97 Å². The third-order valence-corrected chi connectivity index (χ3v) is 3.12. The maximum Gasteiger partial charge on any atom is 0.138 e. The Morgan fingerprint density at radius 1 is 1.12 bits per heavy atom. The van der Waals surface area contributed by atoms with Crippen molar-refractivity contribution in [3.63, 3.8) is 0 Å². The van der Waals surface area contributed by atoms with Crippen LogP contribution in [0.5, 0.6) is 0 Å². The standard InChI is InChI=1S/C12H13N3S/c1-9-2-4-11(5-3-9)16-8-12-14-6-10(13)7-15-12/h2-7H,8,13H2,1H3. The van der Waals surface area contributed by atoms with Crippen molar-refractivity contribution in [1.29, 1.82) is 0 Å². The predicted octanol–water partition coefficient (Wildman–Crippen LogP) is 2.66. The summed E-state index contributed by atoms with van der Waals surface area (Å²) in [6.07, 6.45) is 3.27. The molecular formula is C12H13N3S. The number of nitrogen functional groups attached to an aromatic ring is 1. The molecule has 82 valence electrons. The third-order valence-electron chi connectivity index (χ3n) is 2.11. The molecule has 1 aromatic carbocycles. The molecule has 16 heavy (non-hydrogen) atoms. The molecule has 0 spiro atoms. The zero-order valence-corrected chi connectivity index (χ0v) is 9.87. The number of anilines is 1. The van der Waals surface area contributed by atoms with Crippen LogP contribution in [0, 0.1) is 6.92 Å². The summed E-state index contributed by atoms with van der Waals surface area (Å²) in [4.78, 5) is 9.54. The first-order chi connectivity index (χ1) is 7.74. The molecule has 3 nitrogen and oxygen atoms in total. The lowest BCUT2D eigenvalue weighted by molar-refractivity contribution is 1.04. The van der Waals surface area contributed by atoms with Crippen LogP contribution in [0.2, 0.25) is 0 Å². The van der Waals surface area contributed by atoms with Crippen molar-refractivity contribution in [2.24, 2.45) is 0 Å². The Kier molecular flexibility index (Phi) is 3.41. The van der Waals surface area contributed by atoms with Gasteiger partial charge in [-0.3, -0.25) is 0 Å². The number of hydrogen-bond acceptors (Lipinski definition) is 4. The van der Waals surface area contributed by atoms with E-state index in [-0.39, 0.29) is 0 Å². The summed E-state index contributed by atoms with van der Waals surface area (Å²) in [5, 5.41) is 0. The summed E-state index contributed by atoms with van der Waals surface area (Å²) in [5.74, 6) is 1.57. The molecule has 0 radical (unpaired) electrons. The predicted molar refractivity (Wildman–Crippen MR) is 67.2 cm³/mol. The molecule has 2 rings (SSSR count). The fraction of sp³-hybridized carbons (Fsp3) is 0.167. The molecule has 0 saturated carbocycles. The van der Waals surface area contributed by atoms with Crippen LogP contribution in [0.3, 0.4) is 0 Å². The van der Waals surface area contributed by atoms with Crippen LogP contribution in [0.15, 0.2) is 41.6 Å². The van der Waals surface area contributed by atoms with Gasteiger partial charge in [0, 0.05) is 4.90 Å². The largest absolute Gasteiger partial charge is 0.396 e. The molecule has 0 fully saturated rings. The van der Waals surface area contributed by atoms with E-state index in [1.54, 1.807) is 24.2 Å². The number of aromatic nitrogens is 2. The fourth-order valence-electron chi connectivity index (χ4n) is 1.22. The average Bonchev–Trinajstić information content (AvgIpc) is 2.30. The minimum Gasteiger partial charge on any atom is -0.396 e. The minimum atomic E-state index is 0.601. The summed E-state index contributed by atoms with van der Waals surface area (Å²) in [5.41, 5.74) is 7.39. The molecule has 0 aliphatic rings. The number of nitrogens with zero attached hydrogens (tertiary/aromatic N) is 2. The molecule has 0 amide bonds. The molecule has 0 aliphatic carbocycles. The average molecular weight is 231 g/mol. The first-order valence-corrected chi connectivity index (χ1v) is 5.98. The van der Waals surface area contributed by atoms with Crippen molar-refractivity contribution in [1.82, 2.24) is 9.97 Å². The smallest absolute Gasteiger partial charge is 0.138 e. The molecule has 0 aliphatic heterocycles. The maximum atomic E-state index is 5.52. The van der Waals surface area contributed by atoms with Crippen molar-refractivity contribution in [3.8, 4) is 0 Å². The highest BCUT2D eigenvalue weighted by Crippen LogP contribution is 2.21. The first kappa shape index (κ1) is 11.0. The Morgan fingerprint density at radius 3 is 2.38 bits per heavy atom. The Bertz CT molecular complexity index is 405. The van der Waals surface area contributed by atoms with Gasteiger partial charge in [-0.2, -0.15) is 0 Å². The van der Waals surface area contributed by atoms with E-state index in [9.17, 15) is 0 Å². The zero-order chi connectivity index (χ0) is 11.4. The molecule has 2 aromatic rings. The Hall–Kier alpha value is -1.55. The molecule has 2 N–H and O–H groups in total. The van der Waals surface area contributed by atoms with Crippen molar-refractivity contribution >= 4 is 17.4 Å². The van der Waals surface area contributed by atoms with E-state index < -0.39 is 0 Å². The van der Waals surface area contributed by atoms with Crippen LogP contribution in [0.1, 0.15) is 11.4 Å². The maximum absolute atomic E-state index is 5.52. The van der Waals surface area contributed by atoms with Crippen molar-refractivity contribution in [2.45, 2.75) is 17.6 Å². The monoisotopic (exact) mass is 231 g/mol. The van der Waals surface area contributed by atoms with Crippen LogP contribution in [0.4, 0.5) is 5.69 Å². The van der Waals surface area contributed by atoms with E-state index in [2.05, 4.69) is 41.2 Å². The summed E-state index contributed by atoms with van der Waals surface area (Å²) in [6, 6.07) is 8.42. The van der Waals surface area contributed by atoms with Crippen LogP contribution in [0.25, 0.3) is 0 Å². The van der Waals surface area contributed by atoms with Gasteiger partial charge in [0.05, 0.1) is 23.8 Å². The fourth-order valence-corrected chi connectivity index (χ4v) is 2.00. The Labute approximate surface area is 99.1 Å². The zero-order valence-electron chi connectivity index (χ0n) is 9.05. The normalized spacial score (nSPS) is 10.3.